The molecule has 1 aromatic heterocycles. The summed E-state index contributed by atoms with van der Waals surface area (Å²) in [5, 5.41) is 0. The van der Waals surface area contributed by atoms with Crippen molar-refractivity contribution in [3.05, 3.63) is 18.0 Å². The Balaban J connectivity index is 1.44. The smallest absolute Gasteiger partial charge is 0.270 e. The summed E-state index contributed by atoms with van der Waals surface area (Å²) in [7, 11) is -3.77. The zero-order chi connectivity index (χ0) is 21.8. The molecule has 0 saturated carbocycles. The van der Waals surface area contributed by atoms with Crippen LogP contribution in [0.3, 0.4) is 0 Å². The molecule has 4 rings (SSSR count). The van der Waals surface area contributed by atoms with Gasteiger partial charge in [0.15, 0.2) is 0 Å². The Morgan fingerprint density at radius 3 is 2.35 bits per heavy atom. The summed E-state index contributed by atoms with van der Waals surface area (Å²) in [4.78, 5) is 32.2. The first-order chi connectivity index (χ1) is 15.0. The van der Waals surface area contributed by atoms with Gasteiger partial charge in [-0.3, -0.25) is 9.59 Å². The lowest BCUT2D eigenvalue weighted by molar-refractivity contribution is -0.140. The Bertz CT molecular complexity index is 885. The van der Waals surface area contributed by atoms with Crippen molar-refractivity contribution < 1.29 is 22.7 Å². The largest absolute Gasteiger partial charge is 0.378 e. The van der Waals surface area contributed by atoms with Crippen LogP contribution in [0.2, 0.25) is 0 Å². The lowest BCUT2D eigenvalue weighted by atomic mass is 9.98. The van der Waals surface area contributed by atoms with Crippen LogP contribution in [-0.2, 0) is 19.6 Å². The lowest BCUT2D eigenvalue weighted by Crippen LogP contribution is -2.49. The third-order valence-corrected chi connectivity index (χ3v) is 8.32. The number of aromatic amines is 1. The molecule has 3 saturated heterocycles. The lowest BCUT2D eigenvalue weighted by Gasteiger charge is -2.35. The first kappa shape index (κ1) is 22.3. The maximum atomic E-state index is 13.2. The zero-order valence-corrected chi connectivity index (χ0v) is 18.7. The Morgan fingerprint density at radius 2 is 1.65 bits per heavy atom. The SMILES string of the molecule is O=C(c1cc(S(=O)(=O)N2CCC[C@H](C(=O)N3CCOCC3)C2)c[nH]1)N1CCCCCC1. The van der Waals surface area contributed by atoms with Gasteiger partial charge in [0.2, 0.25) is 15.9 Å². The third kappa shape index (κ3) is 4.96. The van der Waals surface area contributed by atoms with Gasteiger partial charge < -0.3 is 19.5 Å². The number of H-pyrrole nitrogens is 1. The minimum absolute atomic E-state index is 0.00861. The summed E-state index contributed by atoms with van der Waals surface area (Å²) in [5.41, 5.74) is 0.304. The number of aromatic nitrogens is 1. The minimum Gasteiger partial charge on any atom is -0.378 e. The molecule has 4 heterocycles. The number of piperidine rings is 1. The number of morpholine rings is 1. The number of ether oxygens (including phenoxy) is 1. The molecular formula is C21H32N4O5S. The fraction of sp³-hybridized carbons (Fsp3) is 0.714. The van der Waals surface area contributed by atoms with Gasteiger partial charge in [-0.15, -0.1) is 0 Å². The summed E-state index contributed by atoms with van der Waals surface area (Å²) in [5.74, 6) is -0.476. The van der Waals surface area contributed by atoms with E-state index in [0.717, 1.165) is 25.7 Å². The molecule has 0 spiro atoms. The Labute approximate surface area is 183 Å². The fourth-order valence-electron chi connectivity index (χ4n) is 4.64. The van der Waals surface area contributed by atoms with E-state index in [1.807, 2.05) is 0 Å². The van der Waals surface area contributed by atoms with Crippen molar-refractivity contribution in [2.45, 2.75) is 43.4 Å². The highest BCUT2D eigenvalue weighted by Crippen LogP contribution is 2.26. The monoisotopic (exact) mass is 452 g/mol. The molecule has 0 bridgehead atoms. The van der Waals surface area contributed by atoms with Gasteiger partial charge in [-0.1, -0.05) is 12.8 Å². The van der Waals surface area contributed by atoms with Gasteiger partial charge in [0, 0.05) is 45.5 Å². The van der Waals surface area contributed by atoms with Crippen LogP contribution in [0, 0.1) is 5.92 Å². The number of carbonyl (C=O) groups is 2. The molecule has 3 aliphatic heterocycles. The first-order valence-corrected chi connectivity index (χ1v) is 12.8. The van der Waals surface area contributed by atoms with Gasteiger partial charge in [0.25, 0.3) is 5.91 Å². The molecule has 10 heteroatoms. The number of hydrogen-bond acceptors (Lipinski definition) is 5. The molecule has 0 aliphatic carbocycles. The maximum absolute atomic E-state index is 13.2. The molecule has 3 fully saturated rings. The van der Waals surface area contributed by atoms with Gasteiger partial charge >= 0.3 is 0 Å². The average Bonchev–Trinajstić information content (AvgIpc) is 3.16. The third-order valence-electron chi connectivity index (χ3n) is 6.47. The van der Waals surface area contributed by atoms with Crippen molar-refractivity contribution in [1.29, 1.82) is 0 Å². The highest BCUT2D eigenvalue weighted by molar-refractivity contribution is 7.89. The average molecular weight is 453 g/mol. The zero-order valence-electron chi connectivity index (χ0n) is 17.9. The number of carbonyl (C=O) groups excluding carboxylic acids is 2. The van der Waals surface area contributed by atoms with Crippen LogP contribution in [0.25, 0.3) is 0 Å². The molecular weight excluding hydrogens is 420 g/mol. The van der Waals surface area contributed by atoms with Crippen LogP contribution in [0.5, 0.6) is 0 Å². The second-order valence-electron chi connectivity index (χ2n) is 8.60. The number of amides is 2. The van der Waals surface area contributed by atoms with Crippen LogP contribution < -0.4 is 0 Å². The Morgan fingerprint density at radius 1 is 0.935 bits per heavy atom. The molecule has 172 valence electrons. The second kappa shape index (κ2) is 9.70. The fourth-order valence-corrected chi connectivity index (χ4v) is 6.16. The Kier molecular flexibility index (Phi) is 6.98. The van der Waals surface area contributed by atoms with Gasteiger partial charge in [-0.2, -0.15) is 4.31 Å². The second-order valence-corrected chi connectivity index (χ2v) is 10.5. The highest BCUT2D eigenvalue weighted by Gasteiger charge is 2.36. The quantitative estimate of drug-likeness (QED) is 0.742. The van der Waals surface area contributed by atoms with E-state index in [4.69, 9.17) is 4.74 Å². The molecule has 0 unspecified atom stereocenters. The molecule has 1 aromatic rings. The molecule has 9 nitrogen and oxygen atoms in total. The number of likely N-dealkylation sites (tertiary alicyclic amines) is 1. The topological polar surface area (TPSA) is 103 Å². The van der Waals surface area contributed by atoms with Gasteiger partial charge in [0.05, 0.1) is 19.1 Å². The van der Waals surface area contributed by atoms with Gasteiger partial charge in [-0.05, 0) is 31.7 Å². The van der Waals surface area contributed by atoms with Crippen LogP contribution in [0.4, 0.5) is 0 Å². The van der Waals surface area contributed by atoms with Crippen molar-refractivity contribution in [2.24, 2.45) is 5.92 Å². The summed E-state index contributed by atoms with van der Waals surface area (Å²) in [6.07, 6.45) is 6.92. The minimum atomic E-state index is -3.77. The van der Waals surface area contributed by atoms with Crippen molar-refractivity contribution in [3.63, 3.8) is 0 Å². The van der Waals surface area contributed by atoms with E-state index in [2.05, 4.69) is 4.98 Å². The number of rotatable bonds is 4. The van der Waals surface area contributed by atoms with Crippen molar-refractivity contribution >= 4 is 21.8 Å². The van der Waals surface area contributed by atoms with E-state index in [1.54, 1.807) is 9.80 Å². The van der Waals surface area contributed by atoms with E-state index in [-0.39, 0.29) is 29.2 Å². The summed E-state index contributed by atoms with van der Waals surface area (Å²) < 4.78 is 33.2. The molecule has 0 aromatic carbocycles. The van der Waals surface area contributed by atoms with E-state index < -0.39 is 10.0 Å². The van der Waals surface area contributed by atoms with Crippen LogP contribution in [-0.4, -0.2) is 91.8 Å². The van der Waals surface area contributed by atoms with Crippen molar-refractivity contribution in [3.8, 4) is 0 Å². The van der Waals surface area contributed by atoms with E-state index in [1.165, 1.54) is 16.6 Å². The predicted octanol–water partition coefficient (Wildman–Crippen LogP) is 1.29. The van der Waals surface area contributed by atoms with Crippen LogP contribution in [0.1, 0.15) is 49.0 Å². The van der Waals surface area contributed by atoms with E-state index >= 15 is 0 Å². The standard InChI is InChI=1S/C21H32N4O5S/c26-20(24-10-12-30-13-11-24)17-6-5-9-25(16-17)31(28,29)18-14-19(22-15-18)21(27)23-7-3-1-2-4-8-23/h14-15,17,22H,1-13,16H2/t17-/m0/s1. The highest BCUT2D eigenvalue weighted by atomic mass is 32.2. The van der Waals surface area contributed by atoms with E-state index in [0.29, 0.717) is 64.5 Å². The predicted molar refractivity (Wildman–Crippen MR) is 114 cm³/mol. The molecule has 1 N–H and O–H groups in total. The van der Waals surface area contributed by atoms with Crippen molar-refractivity contribution in [1.82, 2.24) is 19.1 Å². The van der Waals surface area contributed by atoms with E-state index in [9.17, 15) is 18.0 Å². The number of hydrogen-bond donors (Lipinski definition) is 1. The van der Waals surface area contributed by atoms with Gasteiger partial charge in [-0.25, -0.2) is 8.42 Å². The molecule has 2 amide bonds. The normalized spacial score (nSPS) is 24.1. The van der Waals surface area contributed by atoms with Crippen LogP contribution in [0.15, 0.2) is 17.2 Å². The van der Waals surface area contributed by atoms with Gasteiger partial charge in [0.1, 0.15) is 10.6 Å². The summed E-state index contributed by atoms with van der Waals surface area (Å²) >= 11 is 0. The molecule has 31 heavy (non-hydrogen) atoms. The molecule has 3 aliphatic rings. The molecule has 0 radical (unpaired) electrons. The van der Waals surface area contributed by atoms with Crippen LogP contribution >= 0.6 is 0 Å². The summed E-state index contributed by atoms with van der Waals surface area (Å²) in [6, 6.07) is 1.44. The first-order valence-electron chi connectivity index (χ1n) is 11.3. The number of nitrogens with zero attached hydrogens (tertiary/aromatic N) is 3. The Hall–Kier alpha value is -1.91. The maximum Gasteiger partial charge on any atom is 0.270 e. The molecule has 1 atom stereocenters. The number of sulfonamides is 1. The number of nitrogens with one attached hydrogen (secondary N) is 1. The van der Waals surface area contributed by atoms with Crippen molar-refractivity contribution in [2.75, 3.05) is 52.5 Å². The summed E-state index contributed by atoms with van der Waals surface area (Å²) in [6.45, 7) is 4.14.